The minimum Gasteiger partial charge on any atom is -0.313 e. The summed E-state index contributed by atoms with van der Waals surface area (Å²) in [6, 6.07) is 32.1. The van der Waals surface area contributed by atoms with Crippen molar-refractivity contribution in [1.82, 2.24) is 34.1 Å². The molecule has 0 radical (unpaired) electrons. The van der Waals surface area contributed by atoms with Crippen molar-refractivity contribution in [1.29, 1.82) is 5.41 Å². The number of hydrogen-bond donors (Lipinski definition) is 1. The van der Waals surface area contributed by atoms with Crippen LogP contribution in [0.1, 0.15) is 5.69 Å². The van der Waals surface area contributed by atoms with Crippen molar-refractivity contribution in [3.05, 3.63) is 108 Å². The van der Waals surface area contributed by atoms with Gasteiger partial charge in [-0.05, 0) is 6.92 Å². The van der Waals surface area contributed by atoms with Crippen LogP contribution in [-0.2, 0) is 14.1 Å². The maximum absolute atomic E-state index is 9.15. The molecule has 0 atom stereocenters. The number of aryl methyl sites for hydroxylation is 3. The summed E-state index contributed by atoms with van der Waals surface area (Å²) in [5.41, 5.74) is 5.71. The molecule has 8 heteroatoms. The molecule has 0 saturated heterocycles. The fraction of sp³-hybridized carbons (Fsp3) is 0.0857. The summed E-state index contributed by atoms with van der Waals surface area (Å²) in [4.78, 5) is 25.3. The molecule has 0 spiro atoms. The predicted molar refractivity (Wildman–Crippen MR) is 171 cm³/mol. The molecule has 0 aliphatic carbocycles. The first-order chi connectivity index (χ1) is 21.0. The zero-order valence-corrected chi connectivity index (χ0v) is 23.9. The highest BCUT2D eigenvalue weighted by atomic mass is 15.1. The monoisotopic (exact) mass is 558 g/mol. The van der Waals surface area contributed by atoms with Crippen molar-refractivity contribution >= 4 is 54.9 Å². The smallest absolute Gasteiger partial charge is 0.164 e. The average Bonchev–Trinajstić information content (AvgIpc) is 3.61. The third kappa shape index (κ3) is 3.76. The molecule has 43 heavy (non-hydrogen) atoms. The van der Waals surface area contributed by atoms with E-state index >= 15 is 0 Å². The molecule has 0 amide bonds. The maximum atomic E-state index is 9.15. The lowest BCUT2D eigenvalue weighted by Crippen LogP contribution is -2.06. The Labute approximate surface area is 246 Å². The van der Waals surface area contributed by atoms with Gasteiger partial charge in [-0.25, -0.2) is 24.9 Å². The molecular formula is C35H26N8. The number of aromatic nitrogens is 7. The lowest BCUT2D eigenvalue weighted by Gasteiger charge is -2.00. The highest BCUT2D eigenvalue weighted by molar-refractivity contribution is 6.06. The highest BCUT2D eigenvalue weighted by Gasteiger charge is 2.20. The van der Waals surface area contributed by atoms with Crippen LogP contribution in [-0.4, -0.2) is 34.1 Å². The summed E-state index contributed by atoms with van der Waals surface area (Å²) in [7, 11) is 3.92. The largest absolute Gasteiger partial charge is 0.313 e. The molecule has 6 bridgehead atoms. The van der Waals surface area contributed by atoms with Crippen molar-refractivity contribution < 1.29 is 0 Å². The molecule has 0 fully saturated rings. The molecule has 1 aliphatic rings. The van der Waals surface area contributed by atoms with Crippen LogP contribution in [0.2, 0.25) is 0 Å². The Hall–Kier alpha value is -5.76. The molecule has 1 aliphatic heterocycles. The maximum Gasteiger partial charge on any atom is 0.164 e. The summed E-state index contributed by atoms with van der Waals surface area (Å²) in [6.07, 6.45) is 0. The molecule has 3 aromatic heterocycles. The van der Waals surface area contributed by atoms with Gasteiger partial charge in [-0.2, -0.15) is 0 Å². The van der Waals surface area contributed by atoms with E-state index in [1.807, 2.05) is 115 Å². The summed E-state index contributed by atoms with van der Waals surface area (Å²) >= 11 is 0. The van der Waals surface area contributed by atoms with E-state index < -0.39 is 0 Å². The van der Waals surface area contributed by atoms with Crippen LogP contribution < -0.4 is 5.49 Å². The first kappa shape index (κ1) is 25.0. The number of benzene rings is 4. The van der Waals surface area contributed by atoms with Gasteiger partial charge in [0, 0.05) is 63.2 Å². The van der Waals surface area contributed by atoms with Gasteiger partial charge in [0.05, 0.1) is 0 Å². The van der Waals surface area contributed by atoms with E-state index in [-0.39, 0.29) is 5.49 Å². The third-order valence-electron chi connectivity index (χ3n) is 8.20. The quantitative estimate of drug-likeness (QED) is 0.221. The molecule has 4 heterocycles. The average molecular weight is 559 g/mol. The normalized spacial score (nSPS) is 11.7. The molecule has 1 N–H and O–H groups in total. The van der Waals surface area contributed by atoms with Gasteiger partial charge >= 0.3 is 0 Å². The lowest BCUT2D eigenvalue weighted by atomic mass is 10.1. The van der Waals surface area contributed by atoms with Crippen LogP contribution in [0.25, 0.3) is 77.7 Å². The Bertz CT molecular complexity index is 2520. The van der Waals surface area contributed by atoms with Crippen LogP contribution >= 0.6 is 0 Å². The van der Waals surface area contributed by atoms with Gasteiger partial charge in [-0.15, -0.1) is 0 Å². The number of nitrogens with one attached hydrogen (secondary N) is 1. The minimum atomic E-state index is 0.152. The Morgan fingerprint density at radius 2 is 0.814 bits per heavy atom. The van der Waals surface area contributed by atoms with Crippen LogP contribution in [0, 0.1) is 12.3 Å². The van der Waals surface area contributed by atoms with Gasteiger partial charge in [0.25, 0.3) is 0 Å². The fourth-order valence-corrected chi connectivity index (χ4v) is 6.07. The predicted octanol–water partition coefficient (Wildman–Crippen LogP) is 6.79. The van der Waals surface area contributed by atoms with E-state index in [2.05, 4.69) is 12.1 Å². The van der Waals surface area contributed by atoms with Crippen LogP contribution in [0.4, 0.5) is 0 Å². The number of rotatable bonds is 0. The van der Waals surface area contributed by atoms with Crippen LogP contribution in [0.3, 0.4) is 0 Å². The van der Waals surface area contributed by atoms with Gasteiger partial charge in [0.1, 0.15) is 22.6 Å². The second-order valence-corrected chi connectivity index (χ2v) is 10.7. The van der Waals surface area contributed by atoms with Crippen molar-refractivity contribution in [3.63, 3.8) is 0 Å². The van der Waals surface area contributed by atoms with Crippen LogP contribution in [0.5, 0.6) is 0 Å². The summed E-state index contributed by atoms with van der Waals surface area (Å²) < 4.78 is 3.96. The van der Waals surface area contributed by atoms with Crippen molar-refractivity contribution in [2.24, 2.45) is 14.1 Å². The highest BCUT2D eigenvalue weighted by Crippen LogP contribution is 2.35. The van der Waals surface area contributed by atoms with E-state index in [1.165, 1.54) is 0 Å². The number of fused-ring (bicyclic) bond motifs is 16. The Morgan fingerprint density at radius 1 is 0.442 bits per heavy atom. The summed E-state index contributed by atoms with van der Waals surface area (Å²) in [5.74, 6) is 1.19. The molecule has 0 saturated carbocycles. The van der Waals surface area contributed by atoms with Gasteiger partial charge in [0.15, 0.2) is 17.1 Å². The molecule has 7 aromatic rings. The van der Waals surface area contributed by atoms with Gasteiger partial charge in [-0.3, -0.25) is 5.41 Å². The van der Waals surface area contributed by atoms with Crippen molar-refractivity contribution in [2.75, 3.05) is 0 Å². The van der Waals surface area contributed by atoms with E-state index in [1.54, 1.807) is 0 Å². The zero-order chi connectivity index (χ0) is 29.2. The molecule has 0 unspecified atom stereocenters. The molecular weight excluding hydrogens is 532 g/mol. The van der Waals surface area contributed by atoms with E-state index in [0.29, 0.717) is 22.7 Å². The summed E-state index contributed by atoms with van der Waals surface area (Å²) in [6.45, 7) is 1.98. The molecule has 206 valence electrons. The molecule has 8 rings (SSSR count). The van der Waals surface area contributed by atoms with Gasteiger partial charge < -0.3 is 9.13 Å². The Morgan fingerprint density at radius 3 is 1.30 bits per heavy atom. The second-order valence-electron chi connectivity index (χ2n) is 10.7. The molecule has 8 nitrogen and oxygen atoms in total. The standard InChI is InChI=1S/C35H26N8/c1-20-21-12-4-5-13-22(21)29(36)38-33-26-17-9-11-19-28(26)35(43(33)3)41-31-24-15-7-6-14-23(24)30(39-31)40-34-27-18-10-8-16-25(27)32(37-20)42(34)2/h4-19,36H,1-3H3. The van der Waals surface area contributed by atoms with Crippen molar-refractivity contribution in [2.45, 2.75) is 6.92 Å². The Balaban J connectivity index is 1.67. The van der Waals surface area contributed by atoms with E-state index in [4.69, 9.17) is 30.3 Å². The topological polar surface area (TPSA) is 98.2 Å². The number of nitrogens with zero attached hydrogens (tertiary/aromatic N) is 7. The first-order valence-corrected chi connectivity index (χ1v) is 14.1. The first-order valence-electron chi connectivity index (χ1n) is 14.1. The van der Waals surface area contributed by atoms with Gasteiger partial charge in [0.2, 0.25) is 0 Å². The third-order valence-corrected chi connectivity index (χ3v) is 8.20. The molecule has 4 aromatic carbocycles. The van der Waals surface area contributed by atoms with Gasteiger partial charge in [-0.1, -0.05) is 97.1 Å². The zero-order valence-electron chi connectivity index (χ0n) is 23.9. The minimum absolute atomic E-state index is 0.152. The SMILES string of the molecule is Cc1nc2c3ccccc3c(nc3nc(nc4c5ccccc5c(nc(=N)c5ccccc15)n4C)-c1ccccc1-3)n2C. The summed E-state index contributed by atoms with van der Waals surface area (Å²) in [5, 5.41) is 14.5. The lowest BCUT2D eigenvalue weighted by molar-refractivity contribution is 0.957. The fourth-order valence-electron chi connectivity index (χ4n) is 6.07. The van der Waals surface area contributed by atoms with E-state index in [0.717, 1.165) is 60.7 Å². The second kappa shape index (κ2) is 9.39. The number of hydrogen-bond acceptors (Lipinski definition) is 6. The van der Waals surface area contributed by atoms with E-state index in [9.17, 15) is 0 Å². The van der Waals surface area contributed by atoms with Crippen molar-refractivity contribution in [3.8, 4) is 22.8 Å². The van der Waals surface area contributed by atoms with Crippen LogP contribution in [0.15, 0.2) is 97.1 Å². The Kier molecular flexibility index (Phi) is 5.46.